The zero-order chi connectivity index (χ0) is 15.4. The SMILES string of the molecule is CC(C)CC(=O)Cc1nc(Cc2c(F)cccc2Cl)no1. The Morgan fingerprint density at radius 1 is 1.43 bits per heavy atom. The van der Waals surface area contributed by atoms with Crippen LogP contribution in [0.2, 0.25) is 5.02 Å². The molecule has 1 aromatic carbocycles. The molecule has 0 bridgehead atoms. The normalized spacial score (nSPS) is 11.1. The quantitative estimate of drug-likeness (QED) is 0.818. The molecule has 2 rings (SSSR count). The van der Waals surface area contributed by atoms with Gasteiger partial charge in [-0.2, -0.15) is 4.98 Å². The molecule has 0 radical (unpaired) electrons. The van der Waals surface area contributed by atoms with Crippen molar-refractivity contribution in [3.8, 4) is 0 Å². The van der Waals surface area contributed by atoms with Crippen LogP contribution in [0.1, 0.15) is 37.5 Å². The number of hydrogen-bond acceptors (Lipinski definition) is 4. The Morgan fingerprint density at radius 3 is 2.86 bits per heavy atom. The van der Waals surface area contributed by atoms with Crippen molar-refractivity contribution in [3.63, 3.8) is 0 Å². The van der Waals surface area contributed by atoms with Gasteiger partial charge < -0.3 is 4.52 Å². The summed E-state index contributed by atoms with van der Waals surface area (Å²) in [5, 5.41) is 4.08. The molecule has 0 unspecified atom stereocenters. The molecule has 0 N–H and O–H groups in total. The van der Waals surface area contributed by atoms with Crippen LogP contribution < -0.4 is 0 Å². The fourth-order valence-electron chi connectivity index (χ4n) is 1.99. The van der Waals surface area contributed by atoms with Crippen LogP contribution in [0.3, 0.4) is 0 Å². The van der Waals surface area contributed by atoms with E-state index in [1.165, 1.54) is 12.1 Å². The summed E-state index contributed by atoms with van der Waals surface area (Å²) in [5.74, 6) is 0.489. The Balaban J connectivity index is 2.05. The van der Waals surface area contributed by atoms with Gasteiger partial charge in [-0.15, -0.1) is 0 Å². The van der Waals surface area contributed by atoms with Crippen molar-refractivity contribution in [3.05, 3.63) is 46.3 Å². The number of nitrogens with zero attached hydrogens (tertiary/aromatic N) is 2. The number of halogens is 2. The van der Waals surface area contributed by atoms with Crippen molar-refractivity contribution in [2.75, 3.05) is 0 Å². The molecule has 0 aliphatic heterocycles. The minimum absolute atomic E-state index is 0.0455. The minimum Gasteiger partial charge on any atom is -0.339 e. The number of benzene rings is 1. The van der Waals surface area contributed by atoms with E-state index in [1.54, 1.807) is 6.07 Å². The molecule has 4 nitrogen and oxygen atoms in total. The second kappa shape index (κ2) is 6.80. The maximum Gasteiger partial charge on any atom is 0.234 e. The largest absolute Gasteiger partial charge is 0.339 e. The van der Waals surface area contributed by atoms with Crippen LogP contribution in [0.15, 0.2) is 22.7 Å². The first-order chi connectivity index (χ1) is 9.95. The molecule has 1 aromatic heterocycles. The molecule has 0 aliphatic carbocycles. The standard InChI is InChI=1S/C15H16ClFN2O2/c1-9(2)6-10(20)7-15-18-14(19-21-15)8-11-12(16)4-3-5-13(11)17/h3-5,9H,6-8H2,1-2H3. The van der Waals surface area contributed by atoms with E-state index in [9.17, 15) is 9.18 Å². The average Bonchev–Trinajstić information content (AvgIpc) is 2.80. The Hall–Kier alpha value is -1.75. The van der Waals surface area contributed by atoms with Gasteiger partial charge >= 0.3 is 0 Å². The van der Waals surface area contributed by atoms with Crippen molar-refractivity contribution >= 4 is 17.4 Å². The fourth-order valence-corrected chi connectivity index (χ4v) is 2.22. The number of rotatable bonds is 6. The monoisotopic (exact) mass is 310 g/mol. The number of carbonyl (C=O) groups is 1. The van der Waals surface area contributed by atoms with Crippen molar-refractivity contribution in [2.45, 2.75) is 33.1 Å². The molecule has 0 fully saturated rings. The van der Waals surface area contributed by atoms with Crippen molar-refractivity contribution in [2.24, 2.45) is 5.92 Å². The molecular weight excluding hydrogens is 295 g/mol. The van der Waals surface area contributed by atoms with Gasteiger partial charge in [-0.05, 0) is 18.1 Å². The summed E-state index contributed by atoms with van der Waals surface area (Å²) in [5.41, 5.74) is 0.319. The summed E-state index contributed by atoms with van der Waals surface area (Å²) in [6.07, 6.45) is 0.709. The number of ketones is 1. The molecule has 2 aromatic rings. The van der Waals surface area contributed by atoms with Gasteiger partial charge in [-0.3, -0.25) is 4.79 Å². The van der Waals surface area contributed by atoms with Crippen LogP contribution >= 0.6 is 11.6 Å². The van der Waals surface area contributed by atoms with Crippen molar-refractivity contribution < 1.29 is 13.7 Å². The molecule has 0 spiro atoms. The lowest BCUT2D eigenvalue weighted by atomic mass is 10.1. The summed E-state index contributed by atoms with van der Waals surface area (Å²) >= 11 is 5.95. The van der Waals surface area contributed by atoms with Crippen LogP contribution in [0.25, 0.3) is 0 Å². The lowest BCUT2D eigenvalue weighted by molar-refractivity contribution is -0.119. The summed E-state index contributed by atoms with van der Waals surface area (Å²) in [6, 6.07) is 4.47. The first-order valence-electron chi connectivity index (χ1n) is 6.71. The Kier molecular flexibility index (Phi) is 5.07. The second-order valence-electron chi connectivity index (χ2n) is 5.29. The number of aromatic nitrogens is 2. The first-order valence-corrected chi connectivity index (χ1v) is 7.09. The topological polar surface area (TPSA) is 56.0 Å². The van der Waals surface area contributed by atoms with E-state index in [-0.39, 0.29) is 30.4 Å². The van der Waals surface area contributed by atoms with Gasteiger partial charge in [-0.25, -0.2) is 4.39 Å². The Labute approximate surface area is 127 Å². The van der Waals surface area contributed by atoms with Gasteiger partial charge in [0, 0.05) is 23.4 Å². The molecule has 21 heavy (non-hydrogen) atoms. The lowest BCUT2D eigenvalue weighted by Gasteiger charge is -2.02. The van der Waals surface area contributed by atoms with Crippen LogP contribution in [-0.2, 0) is 17.6 Å². The summed E-state index contributed by atoms with van der Waals surface area (Å²) in [7, 11) is 0. The third-order valence-electron chi connectivity index (χ3n) is 2.89. The molecule has 0 saturated carbocycles. The molecule has 1 heterocycles. The van der Waals surface area contributed by atoms with Gasteiger partial charge in [0.2, 0.25) is 5.89 Å². The van der Waals surface area contributed by atoms with Gasteiger partial charge in [0.1, 0.15) is 11.6 Å². The molecule has 0 amide bonds. The highest BCUT2D eigenvalue weighted by Crippen LogP contribution is 2.21. The van der Waals surface area contributed by atoms with Crippen LogP contribution in [0, 0.1) is 11.7 Å². The highest BCUT2D eigenvalue weighted by Gasteiger charge is 2.15. The predicted octanol–water partition coefficient (Wildman–Crippen LogP) is 3.61. The maximum absolute atomic E-state index is 13.7. The smallest absolute Gasteiger partial charge is 0.234 e. The van der Waals surface area contributed by atoms with E-state index in [2.05, 4.69) is 10.1 Å². The zero-order valence-electron chi connectivity index (χ0n) is 11.9. The maximum atomic E-state index is 13.7. The van der Waals surface area contributed by atoms with Crippen LogP contribution in [-0.4, -0.2) is 15.9 Å². The van der Waals surface area contributed by atoms with Crippen LogP contribution in [0.5, 0.6) is 0 Å². The highest BCUT2D eigenvalue weighted by atomic mass is 35.5. The second-order valence-corrected chi connectivity index (χ2v) is 5.70. The minimum atomic E-state index is -0.412. The van der Waals surface area contributed by atoms with E-state index >= 15 is 0 Å². The summed E-state index contributed by atoms with van der Waals surface area (Å²) < 4.78 is 18.7. The van der Waals surface area contributed by atoms with Gasteiger partial charge in [0.05, 0.1) is 6.42 Å². The van der Waals surface area contributed by atoms with Crippen molar-refractivity contribution in [1.82, 2.24) is 10.1 Å². The van der Waals surface area contributed by atoms with E-state index in [4.69, 9.17) is 16.1 Å². The lowest BCUT2D eigenvalue weighted by Crippen LogP contribution is -2.06. The molecule has 0 saturated heterocycles. The number of Topliss-reactive ketones (excluding diaryl/α,β-unsaturated/α-hetero) is 1. The molecule has 112 valence electrons. The molecule has 0 aliphatic rings. The van der Waals surface area contributed by atoms with E-state index in [1.807, 2.05) is 13.8 Å². The zero-order valence-corrected chi connectivity index (χ0v) is 12.7. The summed E-state index contributed by atoms with van der Waals surface area (Å²) in [4.78, 5) is 15.8. The average molecular weight is 311 g/mol. The van der Waals surface area contributed by atoms with Crippen molar-refractivity contribution in [1.29, 1.82) is 0 Å². The van der Waals surface area contributed by atoms with E-state index in [0.29, 0.717) is 22.8 Å². The predicted molar refractivity (Wildman–Crippen MR) is 76.7 cm³/mol. The highest BCUT2D eigenvalue weighted by molar-refractivity contribution is 6.31. The number of hydrogen-bond donors (Lipinski definition) is 0. The van der Waals surface area contributed by atoms with Gasteiger partial charge in [0.15, 0.2) is 5.82 Å². The van der Waals surface area contributed by atoms with Gasteiger partial charge in [0.25, 0.3) is 0 Å². The van der Waals surface area contributed by atoms with Crippen LogP contribution in [0.4, 0.5) is 4.39 Å². The Bertz CT molecular complexity index is 620. The van der Waals surface area contributed by atoms with E-state index < -0.39 is 5.82 Å². The summed E-state index contributed by atoms with van der Waals surface area (Å²) in [6.45, 7) is 3.94. The van der Waals surface area contributed by atoms with E-state index in [0.717, 1.165) is 0 Å². The Morgan fingerprint density at radius 2 is 2.19 bits per heavy atom. The molecule has 0 atom stereocenters. The number of carbonyl (C=O) groups excluding carboxylic acids is 1. The molecular formula is C15H16ClFN2O2. The third-order valence-corrected chi connectivity index (χ3v) is 3.25. The van der Waals surface area contributed by atoms with Gasteiger partial charge in [-0.1, -0.05) is 36.7 Å². The first kappa shape index (κ1) is 15.6. The fraction of sp³-hybridized carbons (Fsp3) is 0.400. The molecule has 6 heteroatoms. The third kappa shape index (κ3) is 4.36.